The molecular formula is C21H22N2O6S. The van der Waals surface area contributed by atoms with Gasteiger partial charge in [-0.15, -0.1) is 0 Å². The Morgan fingerprint density at radius 3 is 2.47 bits per heavy atom. The van der Waals surface area contributed by atoms with Crippen LogP contribution in [-0.2, 0) is 31.0 Å². The second kappa shape index (κ2) is 9.00. The molecule has 30 heavy (non-hydrogen) atoms. The number of aromatic nitrogens is 1. The van der Waals surface area contributed by atoms with Gasteiger partial charge in [0.25, 0.3) is 0 Å². The van der Waals surface area contributed by atoms with Crippen molar-refractivity contribution in [1.82, 2.24) is 4.98 Å². The molecule has 0 fully saturated rings. The second-order valence-electron chi connectivity index (χ2n) is 6.51. The number of esters is 2. The van der Waals surface area contributed by atoms with Crippen LogP contribution in [0, 0.1) is 6.92 Å². The molecule has 3 rings (SSSR count). The number of para-hydroxylation sites is 1. The minimum atomic E-state index is -2.51. The molecule has 1 aromatic carbocycles. The van der Waals surface area contributed by atoms with Crippen molar-refractivity contribution in [2.24, 2.45) is 0 Å². The van der Waals surface area contributed by atoms with Crippen molar-refractivity contribution < 1.29 is 27.5 Å². The predicted molar refractivity (Wildman–Crippen MR) is 114 cm³/mol. The number of ether oxygens (including phenoxy) is 2. The molecule has 8 nitrogen and oxygen atoms in total. The summed E-state index contributed by atoms with van der Waals surface area (Å²) in [6, 6.07) is 7.18. The first-order valence-electron chi connectivity index (χ1n) is 9.46. The lowest BCUT2D eigenvalue weighted by molar-refractivity contribution is -0.142. The highest BCUT2D eigenvalue weighted by Gasteiger charge is 2.27. The quantitative estimate of drug-likeness (QED) is 0.411. The van der Waals surface area contributed by atoms with Gasteiger partial charge in [-0.3, -0.25) is 4.79 Å². The van der Waals surface area contributed by atoms with Crippen molar-refractivity contribution in [3.8, 4) is 0 Å². The van der Waals surface area contributed by atoms with Gasteiger partial charge < -0.3 is 19.8 Å². The molecule has 1 aromatic heterocycles. The molecule has 0 unspecified atom stereocenters. The summed E-state index contributed by atoms with van der Waals surface area (Å²) in [5, 5.41) is 2.90. The molecule has 9 heteroatoms. The van der Waals surface area contributed by atoms with Crippen molar-refractivity contribution in [2.75, 3.05) is 18.5 Å². The lowest BCUT2D eigenvalue weighted by Gasteiger charge is -2.07. The number of fused-ring (bicyclic) bond motifs is 1. The molecule has 0 bridgehead atoms. The standard InChI is InChI=1S/C21H22N2O6S/c1-4-28-18(24)11-15-14(12(3)22-19(15)21(25)29-5-2)10-16-13-8-6-7-9-17(13)23-20(16)30(26)27/h6-10,22-23H,4-5,11H2,1-3H3. The molecule has 0 saturated carbocycles. The molecule has 1 aliphatic rings. The van der Waals surface area contributed by atoms with Crippen LogP contribution in [-0.4, -0.2) is 43.5 Å². The largest absolute Gasteiger partial charge is 0.466 e. The maximum atomic E-state index is 12.4. The van der Waals surface area contributed by atoms with Gasteiger partial charge in [-0.25, -0.2) is 4.79 Å². The molecule has 2 aromatic rings. The highest BCUT2D eigenvalue weighted by atomic mass is 32.2. The van der Waals surface area contributed by atoms with Crippen molar-refractivity contribution >= 4 is 44.6 Å². The first-order chi connectivity index (χ1) is 14.4. The summed E-state index contributed by atoms with van der Waals surface area (Å²) in [5.41, 5.74) is 3.51. The van der Waals surface area contributed by atoms with Crippen LogP contribution in [0.25, 0.3) is 11.6 Å². The van der Waals surface area contributed by atoms with E-state index in [0.717, 1.165) is 0 Å². The van der Waals surface area contributed by atoms with Crippen molar-refractivity contribution in [2.45, 2.75) is 27.2 Å². The number of benzene rings is 1. The molecule has 1 aliphatic heterocycles. The molecule has 158 valence electrons. The van der Waals surface area contributed by atoms with Gasteiger partial charge in [-0.05, 0) is 32.9 Å². The number of hydrogen-bond acceptors (Lipinski definition) is 6. The van der Waals surface area contributed by atoms with Crippen molar-refractivity contribution in [1.29, 1.82) is 0 Å². The van der Waals surface area contributed by atoms with Gasteiger partial charge in [0, 0.05) is 33.6 Å². The summed E-state index contributed by atoms with van der Waals surface area (Å²) >= 11 is 0. The fourth-order valence-corrected chi connectivity index (χ4v) is 3.90. The molecule has 0 aliphatic carbocycles. The summed E-state index contributed by atoms with van der Waals surface area (Å²) < 4.78 is 33.8. The van der Waals surface area contributed by atoms with Gasteiger partial charge in [0.1, 0.15) is 5.69 Å². The Hall–Kier alpha value is -3.33. The summed E-state index contributed by atoms with van der Waals surface area (Å²) in [4.78, 5) is 27.6. The fourth-order valence-electron chi connectivity index (χ4n) is 3.36. The predicted octanol–water partition coefficient (Wildman–Crippen LogP) is 2.58. The molecule has 2 N–H and O–H groups in total. The van der Waals surface area contributed by atoms with Gasteiger partial charge >= 0.3 is 11.9 Å². The van der Waals surface area contributed by atoms with Crippen LogP contribution in [0.4, 0.5) is 5.69 Å². The average Bonchev–Trinajstić information content (AvgIpc) is 3.22. The zero-order valence-corrected chi connectivity index (χ0v) is 17.7. The van der Waals surface area contributed by atoms with E-state index < -0.39 is 22.2 Å². The Balaban J connectivity index is 2.21. The van der Waals surface area contributed by atoms with Crippen LogP contribution < -0.4 is 5.32 Å². The minimum Gasteiger partial charge on any atom is -0.466 e. The van der Waals surface area contributed by atoms with Crippen LogP contribution in [0.3, 0.4) is 0 Å². The molecule has 0 radical (unpaired) electrons. The van der Waals surface area contributed by atoms with E-state index in [1.54, 1.807) is 51.1 Å². The van der Waals surface area contributed by atoms with E-state index in [2.05, 4.69) is 10.3 Å². The maximum Gasteiger partial charge on any atom is 0.355 e. The Kier molecular flexibility index (Phi) is 6.41. The number of aryl methyl sites for hydroxylation is 1. The van der Waals surface area contributed by atoms with E-state index in [-0.39, 0.29) is 30.3 Å². The van der Waals surface area contributed by atoms with E-state index in [4.69, 9.17) is 9.47 Å². The zero-order valence-electron chi connectivity index (χ0n) is 16.9. The van der Waals surface area contributed by atoms with E-state index in [1.807, 2.05) is 0 Å². The Labute approximate surface area is 175 Å². The van der Waals surface area contributed by atoms with Gasteiger partial charge in [0.2, 0.25) is 10.3 Å². The zero-order chi connectivity index (χ0) is 21.8. The van der Waals surface area contributed by atoms with Crippen molar-refractivity contribution in [3.63, 3.8) is 0 Å². The number of carbonyl (C=O) groups excluding carboxylic acids is 2. The number of carbonyl (C=O) groups is 2. The lowest BCUT2D eigenvalue weighted by atomic mass is 9.99. The van der Waals surface area contributed by atoms with Gasteiger partial charge in [0.05, 0.1) is 19.6 Å². The van der Waals surface area contributed by atoms with Crippen LogP contribution in [0.15, 0.2) is 24.3 Å². The third kappa shape index (κ3) is 4.16. The van der Waals surface area contributed by atoms with Crippen LogP contribution in [0.1, 0.15) is 46.7 Å². The first-order valence-corrected chi connectivity index (χ1v) is 10.5. The summed E-state index contributed by atoms with van der Waals surface area (Å²) in [5.74, 6) is -1.09. The van der Waals surface area contributed by atoms with Crippen LogP contribution in [0.2, 0.25) is 0 Å². The Morgan fingerprint density at radius 2 is 1.80 bits per heavy atom. The molecule has 2 heterocycles. The van der Waals surface area contributed by atoms with E-state index in [9.17, 15) is 18.0 Å². The topological polar surface area (TPSA) is 115 Å². The molecule has 0 spiro atoms. The smallest absolute Gasteiger partial charge is 0.355 e. The number of hydrogen-bond donors (Lipinski definition) is 2. The third-order valence-electron chi connectivity index (χ3n) is 4.61. The Morgan fingerprint density at radius 1 is 1.10 bits per heavy atom. The highest BCUT2D eigenvalue weighted by Crippen LogP contribution is 2.35. The van der Waals surface area contributed by atoms with Gasteiger partial charge in [-0.2, -0.15) is 8.42 Å². The van der Waals surface area contributed by atoms with Crippen LogP contribution in [0.5, 0.6) is 0 Å². The maximum absolute atomic E-state index is 12.4. The summed E-state index contributed by atoms with van der Waals surface area (Å²) in [6.45, 7) is 5.51. The second-order valence-corrected chi connectivity index (χ2v) is 7.39. The summed E-state index contributed by atoms with van der Waals surface area (Å²) in [6.07, 6.45) is 1.50. The number of H-pyrrole nitrogens is 1. The normalized spacial score (nSPS) is 13.7. The van der Waals surface area contributed by atoms with E-state index in [1.165, 1.54) is 0 Å². The minimum absolute atomic E-state index is 0.0246. The number of anilines is 1. The van der Waals surface area contributed by atoms with E-state index >= 15 is 0 Å². The average molecular weight is 430 g/mol. The molecule has 0 saturated heterocycles. The summed E-state index contributed by atoms with van der Waals surface area (Å²) in [7, 11) is -2.51. The van der Waals surface area contributed by atoms with Crippen molar-refractivity contribution in [3.05, 3.63) is 52.3 Å². The Bertz CT molecular complexity index is 1170. The lowest BCUT2D eigenvalue weighted by Crippen LogP contribution is -2.13. The SMILES string of the molecule is CCOC(=O)Cc1c(C(=O)OCC)[nH]c(C)c1C=C1C(=S(=O)=O)Nc2ccccc21. The number of nitrogens with one attached hydrogen (secondary N) is 2. The molecule has 0 atom stereocenters. The van der Waals surface area contributed by atoms with Gasteiger partial charge in [-0.1, -0.05) is 18.2 Å². The molecular weight excluding hydrogens is 408 g/mol. The molecule has 0 amide bonds. The van der Waals surface area contributed by atoms with Crippen LogP contribution >= 0.6 is 0 Å². The highest BCUT2D eigenvalue weighted by molar-refractivity contribution is 7.74. The monoisotopic (exact) mass is 430 g/mol. The number of rotatable bonds is 6. The van der Waals surface area contributed by atoms with Gasteiger partial charge in [0.15, 0.2) is 4.99 Å². The fraction of sp³-hybridized carbons (Fsp3) is 0.286. The van der Waals surface area contributed by atoms with E-state index in [0.29, 0.717) is 33.6 Å². The first kappa shape index (κ1) is 21.4. The third-order valence-corrected chi connectivity index (χ3v) is 5.27. The number of aromatic amines is 1.